The van der Waals surface area contributed by atoms with Gasteiger partial charge in [0, 0.05) is 24.6 Å². The summed E-state index contributed by atoms with van der Waals surface area (Å²) < 4.78 is 0. The Bertz CT molecular complexity index is 813. The first-order valence-electron chi connectivity index (χ1n) is 9.70. The molecule has 0 amide bonds. The van der Waals surface area contributed by atoms with Crippen molar-refractivity contribution < 1.29 is 0 Å². The van der Waals surface area contributed by atoms with Crippen molar-refractivity contribution >= 4 is 17.3 Å². The van der Waals surface area contributed by atoms with Gasteiger partial charge in [-0.05, 0) is 74.9 Å². The third kappa shape index (κ3) is 3.92. The Morgan fingerprint density at radius 1 is 1.11 bits per heavy atom. The van der Waals surface area contributed by atoms with E-state index in [1.54, 1.807) is 6.07 Å². The van der Waals surface area contributed by atoms with Gasteiger partial charge in [0.25, 0.3) is 0 Å². The average Bonchev–Trinajstić information content (AvgIpc) is 2.74. The third-order valence-corrected chi connectivity index (χ3v) is 6.29. The lowest BCUT2D eigenvalue weighted by Crippen LogP contribution is -2.42. The van der Waals surface area contributed by atoms with E-state index in [1.807, 2.05) is 30.6 Å². The Kier molecular flexibility index (Phi) is 5.56. The molecule has 5 nitrogen and oxygen atoms in total. The molecule has 1 unspecified atom stereocenters. The molecule has 27 heavy (non-hydrogen) atoms. The van der Waals surface area contributed by atoms with Gasteiger partial charge in [0.2, 0.25) is 0 Å². The molecule has 1 aromatic carbocycles. The topological polar surface area (TPSA) is 64.8 Å². The number of anilines is 1. The van der Waals surface area contributed by atoms with Gasteiger partial charge >= 0.3 is 0 Å². The van der Waals surface area contributed by atoms with E-state index in [0.29, 0.717) is 16.5 Å². The summed E-state index contributed by atoms with van der Waals surface area (Å²) in [5, 5.41) is 13.1. The highest BCUT2D eigenvalue weighted by Gasteiger charge is 2.35. The average molecular weight is 382 g/mol. The fourth-order valence-corrected chi connectivity index (χ4v) is 4.76. The van der Waals surface area contributed by atoms with E-state index in [4.69, 9.17) is 16.9 Å². The molecule has 1 N–H and O–H groups in total. The molecule has 2 saturated heterocycles. The van der Waals surface area contributed by atoms with Crippen molar-refractivity contribution in [2.75, 3.05) is 24.5 Å². The quantitative estimate of drug-likeness (QED) is 0.871. The highest BCUT2D eigenvalue weighted by Crippen LogP contribution is 2.41. The fraction of sp³-hybridized carbons (Fsp3) is 0.476. The van der Waals surface area contributed by atoms with Crippen LogP contribution in [0.4, 0.5) is 5.69 Å². The standard InChI is InChI=1S/C21H24ClN5/c22-19-13-18(3-2-17(19)14-23)27-11-6-16(15-4-9-24-10-5-15)12-20(27)21-25-7-1-8-26-21/h1-3,7-8,13,15-16,20,24H,4-6,9-12H2/t16?,20-/m1/s1. The Hall–Kier alpha value is -2.16. The summed E-state index contributed by atoms with van der Waals surface area (Å²) in [6.45, 7) is 3.21. The maximum Gasteiger partial charge on any atom is 0.150 e. The minimum atomic E-state index is 0.142. The minimum Gasteiger partial charge on any atom is -0.361 e. The Morgan fingerprint density at radius 2 is 1.89 bits per heavy atom. The summed E-state index contributed by atoms with van der Waals surface area (Å²) >= 11 is 6.31. The van der Waals surface area contributed by atoms with Crippen LogP contribution in [0.3, 0.4) is 0 Å². The first-order valence-corrected chi connectivity index (χ1v) is 10.1. The predicted molar refractivity (Wildman–Crippen MR) is 107 cm³/mol. The lowest BCUT2D eigenvalue weighted by Gasteiger charge is -2.43. The van der Waals surface area contributed by atoms with E-state index in [9.17, 15) is 0 Å². The van der Waals surface area contributed by atoms with Crippen LogP contribution in [0.2, 0.25) is 5.02 Å². The van der Waals surface area contributed by atoms with E-state index in [1.165, 1.54) is 19.3 Å². The lowest BCUT2D eigenvalue weighted by atomic mass is 9.76. The number of hydrogen-bond donors (Lipinski definition) is 1. The first-order chi connectivity index (χ1) is 13.3. The number of hydrogen-bond acceptors (Lipinski definition) is 5. The molecule has 3 heterocycles. The smallest absolute Gasteiger partial charge is 0.150 e. The summed E-state index contributed by atoms with van der Waals surface area (Å²) in [5.74, 6) is 2.35. The Morgan fingerprint density at radius 3 is 2.59 bits per heavy atom. The summed E-state index contributed by atoms with van der Waals surface area (Å²) in [7, 11) is 0. The van der Waals surface area contributed by atoms with E-state index >= 15 is 0 Å². The van der Waals surface area contributed by atoms with Crippen molar-refractivity contribution in [1.82, 2.24) is 15.3 Å². The number of rotatable bonds is 3. The highest BCUT2D eigenvalue weighted by molar-refractivity contribution is 6.32. The van der Waals surface area contributed by atoms with Crippen LogP contribution < -0.4 is 10.2 Å². The van der Waals surface area contributed by atoms with Crippen LogP contribution in [-0.4, -0.2) is 29.6 Å². The second kappa shape index (κ2) is 8.24. The van der Waals surface area contributed by atoms with Crippen LogP contribution in [-0.2, 0) is 0 Å². The lowest BCUT2D eigenvalue weighted by molar-refractivity contribution is 0.198. The van der Waals surface area contributed by atoms with Crippen LogP contribution in [0.25, 0.3) is 0 Å². The number of halogens is 1. The Balaban J connectivity index is 1.62. The number of nitriles is 1. The van der Waals surface area contributed by atoms with Crippen molar-refractivity contribution in [2.45, 2.75) is 31.7 Å². The number of nitrogens with one attached hydrogen (secondary N) is 1. The van der Waals surface area contributed by atoms with Crippen molar-refractivity contribution in [2.24, 2.45) is 11.8 Å². The number of piperidine rings is 2. The molecule has 2 aliphatic rings. The van der Waals surface area contributed by atoms with Gasteiger partial charge in [-0.3, -0.25) is 0 Å². The zero-order chi connectivity index (χ0) is 18.6. The molecule has 0 radical (unpaired) electrons. The molecule has 0 aliphatic carbocycles. The minimum absolute atomic E-state index is 0.142. The molecule has 4 rings (SSSR count). The second-order valence-corrected chi connectivity index (χ2v) is 7.87. The van der Waals surface area contributed by atoms with Gasteiger partial charge in [0.05, 0.1) is 16.6 Å². The first kappa shape index (κ1) is 18.2. The zero-order valence-electron chi connectivity index (χ0n) is 15.3. The van der Waals surface area contributed by atoms with Crippen LogP contribution in [0, 0.1) is 23.2 Å². The molecule has 6 heteroatoms. The SMILES string of the molecule is N#Cc1ccc(N2CCC(C3CCNCC3)C[C@@H]2c2ncccn2)cc1Cl. The fourth-order valence-electron chi connectivity index (χ4n) is 4.55. The molecule has 0 spiro atoms. The van der Waals surface area contributed by atoms with Crippen LogP contribution in [0.1, 0.15) is 43.1 Å². The normalized spacial score (nSPS) is 23.8. The number of benzene rings is 1. The highest BCUT2D eigenvalue weighted by atomic mass is 35.5. The molecular weight excluding hydrogens is 358 g/mol. The van der Waals surface area contributed by atoms with E-state index < -0.39 is 0 Å². The molecule has 0 saturated carbocycles. The summed E-state index contributed by atoms with van der Waals surface area (Å²) in [4.78, 5) is 11.5. The molecule has 1 aromatic heterocycles. The summed E-state index contributed by atoms with van der Waals surface area (Å²) in [6.07, 6.45) is 8.39. The molecular formula is C21H24ClN5. The van der Waals surface area contributed by atoms with E-state index in [2.05, 4.69) is 26.3 Å². The summed E-state index contributed by atoms with van der Waals surface area (Å²) in [5.41, 5.74) is 1.55. The van der Waals surface area contributed by atoms with Crippen LogP contribution in [0.5, 0.6) is 0 Å². The van der Waals surface area contributed by atoms with E-state index in [0.717, 1.165) is 43.5 Å². The molecule has 2 fully saturated rings. The molecule has 0 bridgehead atoms. The number of aromatic nitrogens is 2. The van der Waals surface area contributed by atoms with Gasteiger partial charge < -0.3 is 10.2 Å². The monoisotopic (exact) mass is 381 g/mol. The van der Waals surface area contributed by atoms with Crippen molar-refractivity contribution in [3.8, 4) is 6.07 Å². The number of nitrogens with zero attached hydrogens (tertiary/aromatic N) is 4. The van der Waals surface area contributed by atoms with Gasteiger partial charge in [-0.15, -0.1) is 0 Å². The molecule has 2 aliphatic heterocycles. The van der Waals surface area contributed by atoms with E-state index in [-0.39, 0.29) is 6.04 Å². The third-order valence-electron chi connectivity index (χ3n) is 5.98. The van der Waals surface area contributed by atoms with Crippen molar-refractivity contribution in [3.63, 3.8) is 0 Å². The van der Waals surface area contributed by atoms with Gasteiger partial charge in [-0.2, -0.15) is 5.26 Å². The molecule has 2 aromatic rings. The van der Waals surface area contributed by atoms with Crippen LogP contribution >= 0.6 is 11.6 Å². The maximum absolute atomic E-state index is 9.16. The maximum atomic E-state index is 9.16. The van der Waals surface area contributed by atoms with Gasteiger partial charge in [-0.25, -0.2) is 9.97 Å². The molecule has 2 atom stereocenters. The van der Waals surface area contributed by atoms with Gasteiger partial charge in [-0.1, -0.05) is 11.6 Å². The molecule has 140 valence electrons. The van der Waals surface area contributed by atoms with Gasteiger partial charge in [0.1, 0.15) is 6.07 Å². The summed E-state index contributed by atoms with van der Waals surface area (Å²) in [6, 6.07) is 9.84. The predicted octanol–water partition coefficient (Wildman–Crippen LogP) is 3.96. The zero-order valence-corrected chi connectivity index (χ0v) is 16.1. The Labute approximate surface area is 165 Å². The van der Waals surface area contributed by atoms with Crippen LogP contribution in [0.15, 0.2) is 36.7 Å². The largest absolute Gasteiger partial charge is 0.361 e. The second-order valence-electron chi connectivity index (χ2n) is 7.46. The van der Waals surface area contributed by atoms with Crippen molar-refractivity contribution in [3.05, 3.63) is 53.1 Å². The van der Waals surface area contributed by atoms with Crippen molar-refractivity contribution in [1.29, 1.82) is 5.26 Å². The van der Waals surface area contributed by atoms with Gasteiger partial charge in [0.15, 0.2) is 5.82 Å².